The van der Waals surface area contributed by atoms with Gasteiger partial charge < -0.3 is 9.47 Å². The molecule has 1 aliphatic heterocycles. The number of rotatable bonds is 7. The van der Waals surface area contributed by atoms with Crippen molar-refractivity contribution in [2.24, 2.45) is 0 Å². The van der Waals surface area contributed by atoms with Gasteiger partial charge >= 0.3 is 0 Å². The summed E-state index contributed by atoms with van der Waals surface area (Å²) in [5.41, 5.74) is 2.07. The lowest BCUT2D eigenvalue weighted by molar-refractivity contribution is -0.119. The van der Waals surface area contributed by atoms with Gasteiger partial charge in [0.05, 0.1) is 26.3 Å². The second-order valence-electron chi connectivity index (χ2n) is 7.65. The van der Waals surface area contributed by atoms with Gasteiger partial charge in [0.15, 0.2) is 0 Å². The molecule has 2 heterocycles. The zero-order valence-electron chi connectivity index (χ0n) is 18.2. The quantitative estimate of drug-likeness (QED) is 0.561. The van der Waals surface area contributed by atoms with Crippen molar-refractivity contribution in [3.8, 4) is 11.5 Å². The highest BCUT2D eigenvalue weighted by molar-refractivity contribution is 5.92. The molecule has 0 saturated carbocycles. The summed E-state index contributed by atoms with van der Waals surface area (Å²) in [6.45, 7) is 2.09. The smallest absolute Gasteiger partial charge is 0.231 e. The number of carbonyl (C=O) groups excluding carboxylic acids is 1. The summed E-state index contributed by atoms with van der Waals surface area (Å²) in [4.78, 5) is 19.6. The predicted molar refractivity (Wildman–Crippen MR) is 119 cm³/mol. The van der Waals surface area contributed by atoms with Crippen LogP contribution in [0, 0.1) is 0 Å². The topological polar surface area (TPSA) is 69.5 Å². The van der Waals surface area contributed by atoms with E-state index in [-0.39, 0.29) is 18.0 Å². The molecule has 0 saturated heterocycles. The molecule has 0 unspecified atom stereocenters. The first-order chi connectivity index (χ1) is 15.2. The molecule has 0 radical (unpaired) electrons. The molecule has 0 bridgehead atoms. The highest BCUT2D eigenvalue weighted by Crippen LogP contribution is 2.44. The van der Waals surface area contributed by atoms with Crippen LogP contribution in [-0.2, 0) is 4.79 Å². The van der Waals surface area contributed by atoms with E-state index >= 15 is 0 Å². The Morgan fingerprint density at radius 2 is 1.84 bits per heavy atom. The van der Waals surface area contributed by atoms with Crippen molar-refractivity contribution in [3.63, 3.8) is 0 Å². The molecule has 1 aliphatic rings. The van der Waals surface area contributed by atoms with Crippen LogP contribution >= 0.6 is 0 Å². The number of methoxy groups -OCH3 is 2. The van der Waals surface area contributed by atoms with Gasteiger partial charge in [0.2, 0.25) is 11.9 Å². The number of amides is 1. The maximum atomic E-state index is 13.3. The second kappa shape index (κ2) is 9.20. The Bertz CT molecular complexity index is 1030. The van der Waals surface area contributed by atoms with Gasteiger partial charge in [-0.3, -0.25) is 9.69 Å². The average molecular weight is 421 g/mol. The fraction of sp³-hybridized carbons (Fsp3) is 0.375. The normalized spacial score (nSPS) is 17.8. The monoisotopic (exact) mass is 420 g/mol. The molecular formula is C24H28N4O3. The van der Waals surface area contributed by atoms with E-state index in [1.807, 2.05) is 52.0 Å². The highest BCUT2D eigenvalue weighted by Gasteiger charge is 2.39. The van der Waals surface area contributed by atoms with Crippen LogP contribution in [0.5, 0.6) is 11.5 Å². The number of hydrogen-bond acceptors (Lipinski definition) is 5. The van der Waals surface area contributed by atoms with Crippen molar-refractivity contribution >= 4 is 11.9 Å². The van der Waals surface area contributed by atoms with Crippen molar-refractivity contribution in [2.75, 3.05) is 19.1 Å². The van der Waals surface area contributed by atoms with Gasteiger partial charge in [-0.1, -0.05) is 43.7 Å². The molecular weight excluding hydrogens is 392 g/mol. The number of para-hydroxylation sites is 1. The van der Waals surface area contributed by atoms with Crippen LogP contribution in [0.15, 0.2) is 54.9 Å². The zero-order chi connectivity index (χ0) is 21.8. The second-order valence-corrected chi connectivity index (χ2v) is 7.65. The minimum absolute atomic E-state index is 0.0652. The van der Waals surface area contributed by atoms with Crippen LogP contribution in [0.25, 0.3) is 0 Å². The molecule has 7 heteroatoms. The lowest BCUT2D eigenvalue weighted by atomic mass is 9.91. The fourth-order valence-electron chi connectivity index (χ4n) is 4.24. The molecule has 2 atom stereocenters. The Morgan fingerprint density at radius 3 is 2.55 bits per heavy atom. The number of aromatic nitrogens is 3. The molecule has 1 aromatic heterocycles. The summed E-state index contributed by atoms with van der Waals surface area (Å²) in [7, 11) is 3.32. The Morgan fingerprint density at radius 1 is 1.06 bits per heavy atom. The Hall–Kier alpha value is -3.35. The van der Waals surface area contributed by atoms with Gasteiger partial charge in [-0.25, -0.2) is 4.68 Å². The van der Waals surface area contributed by atoms with Gasteiger partial charge in [-0.2, -0.15) is 10.1 Å². The van der Waals surface area contributed by atoms with E-state index in [0.717, 1.165) is 35.5 Å². The first-order valence-electron chi connectivity index (χ1n) is 10.7. The number of benzene rings is 2. The van der Waals surface area contributed by atoms with Gasteiger partial charge in [0, 0.05) is 12.0 Å². The van der Waals surface area contributed by atoms with E-state index in [1.165, 1.54) is 6.33 Å². The van der Waals surface area contributed by atoms with Crippen LogP contribution in [-0.4, -0.2) is 34.9 Å². The summed E-state index contributed by atoms with van der Waals surface area (Å²) in [6.07, 6.45) is 4.47. The number of fused-ring (bicyclic) bond motifs is 1. The van der Waals surface area contributed by atoms with Crippen LogP contribution < -0.4 is 14.4 Å². The summed E-state index contributed by atoms with van der Waals surface area (Å²) in [5, 5.41) is 4.49. The summed E-state index contributed by atoms with van der Waals surface area (Å²) >= 11 is 0. The van der Waals surface area contributed by atoms with Gasteiger partial charge in [0.1, 0.15) is 17.8 Å². The SMILES string of the molecule is CCCCC(=O)N1c2ncnn2[C@@H](c2ccccc2OC)C[C@@H]1c1ccc(OC)cc1. The standard InChI is InChI=1S/C24H28N4O3/c1-4-5-10-23(29)27-20(17-11-13-18(30-2)14-12-17)15-21(28-24(27)25-16-26-28)19-8-6-7-9-22(19)31-3/h6-9,11-14,16,20-21H,4-5,10,15H2,1-3H3/t20-,21-/m1/s1. The Labute approximate surface area is 182 Å². The molecule has 0 spiro atoms. The molecule has 162 valence electrons. The number of anilines is 1. The van der Waals surface area contributed by atoms with Crippen LogP contribution in [0.2, 0.25) is 0 Å². The minimum Gasteiger partial charge on any atom is -0.497 e. The van der Waals surface area contributed by atoms with Crippen LogP contribution in [0.3, 0.4) is 0 Å². The first kappa shape index (κ1) is 20.9. The van der Waals surface area contributed by atoms with Crippen LogP contribution in [0.1, 0.15) is 55.8 Å². The van der Waals surface area contributed by atoms with E-state index in [0.29, 0.717) is 18.8 Å². The number of unbranched alkanes of at least 4 members (excludes halogenated alkanes) is 1. The molecule has 31 heavy (non-hydrogen) atoms. The average Bonchev–Trinajstić information content (AvgIpc) is 3.31. The van der Waals surface area contributed by atoms with E-state index in [9.17, 15) is 4.79 Å². The van der Waals surface area contributed by atoms with Crippen molar-refractivity contribution in [1.29, 1.82) is 0 Å². The molecule has 0 aliphatic carbocycles. The van der Waals surface area contributed by atoms with Crippen molar-refractivity contribution in [3.05, 3.63) is 66.0 Å². The number of ether oxygens (including phenoxy) is 2. The minimum atomic E-state index is -0.165. The fourth-order valence-corrected chi connectivity index (χ4v) is 4.24. The van der Waals surface area contributed by atoms with Crippen LogP contribution in [0.4, 0.5) is 5.95 Å². The van der Waals surface area contributed by atoms with Crippen molar-refractivity contribution in [2.45, 2.75) is 44.7 Å². The van der Waals surface area contributed by atoms with Gasteiger partial charge in [-0.05, 0) is 36.6 Å². The summed E-state index contributed by atoms with van der Waals surface area (Å²) in [6, 6.07) is 15.6. The number of carbonyl (C=O) groups is 1. The summed E-state index contributed by atoms with van der Waals surface area (Å²) < 4.78 is 12.8. The molecule has 1 amide bonds. The third-order valence-corrected chi connectivity index (χ3v) is 5.83. The van der Waals surface area contributed by atoms with Gasteiger partial charge in [0.25, 0.3) is 0 Å². The lowest BCUT2D eigenvalue weighted by Gasteiger charge is -2.39. The van der Waals surface area contributed by atoms with Gasteiger partial charge in [-0.15, -0.1) is 0 Å². The third kappa shape index (κ3) is 4.00. The lowest BCUT2D eigenvalue weighted by Crippen LogP contribution is -2.42. The third-order valence-electron chi connectivity index (χ3n) is 5.83. The Balaban J connectivity index is 1.81. The molecule has 4 rings (SSSR count). The van der Waals surface area contributed by atoms with E-state index in [2.05, 4.69) is 23.1 Å². The largest absolute Gasteiger partial charge is 0.497 e. The number of nitrogens with zero attached hydrogens (tertiary/aromatic N) is 4. The maximum Gasteiger partial charge on any atom is 0.231 e. The summed E-state index contributed by atoms with van der Waals surface area (Å²) in [5.74, 6) is 2.22. The maximum absolute atomic E-state index is 13.3. The Kier molecular flexibility index (Phi) is 6.21. The van der Waals surface area contributed by atoms with E-state index in [1.54, 1.807) is 14.2 Å². The van der Waals surface area contributed by atoms with Crippen molar-refractivity contribution < 1.29 is 14.3 Å². The molecule has 3 aromatic rings. The molecule has 2 aromatic carbocycles. The molecule has 0 N–H and O–H groups in total. The zero-order valence-corrected chi connectivity index (χ0v) is 18.2. The molecule has 7 nitrogen and oxygen atoms in total. The first-order valence-corrected chi connectivity index (χ1v) is 10.7. The number of hydrogen-bond donors (Lipinski definition) is 0. The predicted octanol–water partition coefficient (Wildman–Crippen LogP) is 4.55. The van der Waals surface area contributed by atoms with E-state index < -0.39 is 0 Å². The van der Waals surface area contributed by atoms with E-state index in [4.69, 9.17) is 9.47 Å². The highest BCUT2D eigenvalue weighted by atomic mass is 16.5. The van der Waals surface area contributed by atoms with Crippen molar-refractivity contribution in [1.82, 2.24) is 14.8 Å². The molecule has 0 fully saturated rings.